The lowest BCUT2D eigenvalue weighted by Gasteiger charge is -2.26. The van der Waals surface area contributed by atoms with Crippen LogP contribution in [0.1, 0.15) is 18.4 Å². The summed E-state index contributed by atoms with van der Waals surface area (Å²) in [4.78, 5) is 27.4. The Balaban J connectivity index is 1.40. The van der Waals surface area contributed by atoms with Crippen LogP contribution in [0.5, 0.6) is 0 Å². The van der Waals surface area contributed by atoms with Crippen LogP contribution in [-0.2, 0) is 11.3 Å². The van der Waals surface area contributed by atoms with Gasteiger partial charge in [-0.1, -0.05) is 18.2 Å². The number of hydrogen-bond donors (Lipinski definition) is 0. The number of benzene rings is 1. The van der Waals surface area contributed by atoms with E-state index in [-0.39, 0.29) is 25.2 Å². The van der Waals surface area contributed by atoms with Crippen LogP contribution >= 0.6 is 0 Å². The van der Waals surface area contributed by atoms with Crippen LogP contribution in [0.15, 0.2) is 65.7 Å². The van der Waals surface area contributed by atoms with Crippen LogP contribution in [0, 0.1) is 6.92 Å². The Morgan fingerprint density at radius 2 is 1.87 bits per heavy atom. The molecule has 38 heavy (non-hydrogen) atoms. The first-order chi connectivity index (χ1) is 18.2. The molecule has 0 aliphatic carbocycles. The van der Waals surface area contributed by atoms with Crippen molar-refractivity contribution in [1.82, 2.24) is 33.8 Å². The van der Waals surface area contributed by atoms with Crippen molar-refractivity contribution < 1.29 is 18.0 Å². The van der Waals surface area contributed by atoms with Crippen molar-refractivity contribution in [3.8, 4) is 17.1 Å². The molecule has 12 heteroatoms. The van der Waals surface area contributed by atoms with Gasteiger partial charge in [-0.2, -0.15) is 18.3 Å². The third-order valence-electron chi connectivity index (χ3n) is 6.98. The van der Waals surface area contributed by atoms with Gasteiger partial charge in [-0.05, 0) is 55.7 Å². The maximum absolute atomic E-state index is 13.6. The Bertz CT molecular complexity index is 1730. The van der Waals surface area contributed by atoms with Crippen LogP contribution in [0.4, 0.5) is 13.2 Å². The van der Waals surface area contributed by atoms with Gasteiger partial charge in [0.05, 0.1) is 28.4 Å². The van der Waals surface area contributed by atoms with E-state index < -0.39 is 30.4 Å². The third-order valence-corrected chi connectivity index (χ3v) is 6.98. The highest BCUT2D eigenvalue weighted by Crippen LogP contribution is 2.33. The van der Waals surface area contributed by atoms with E-state index in [1.54, 1.807) is 35.0 Å². The molecule has 194 valence electrons. The second-order valence-electron chi connectivity index (χ2n) is 9.30. The first-order valence-corrected chi connectivity index (χ1v) is 12.1. The van der Waals surface area contributed by atoms with E-state index in [0.717, 1.165) is 21.5 Å². The van der Waals surface area contributed by atoms with E-state index in [1.165, 1.54) is 9.13 Å². The molecule has 6 rings (SSSR count). The second-order valence-corrected chi connectivity index (χ2v) is 9.30. The summed E-state index contributed by atoms with van der Waals surface area (Å²) in [7, 11) is 0. The number of pyridine rings is 1. The Labute approximate surface area is 213 Å². The summed E-state index contributed by atoms with van der Waals surface area (Å²) in [6.07, 6.45) is -0.891. The number of imidazole rings is 1. The molecule has 1 aromatic carbocycles. The average Bonchev–Trinajstić information content (AvgIpc) is 3.62. The number of fused-ring (bicyclic) bond motifs is 2. The van der Waals surface area contributed by atoms with Gasteiger partial charge in [-0.15, -0.1) is 10.2 Å². The number of likely N-dealkylation sites (tertiary alicyclic amines) is 1. The number of nitrogens with zero attached hydrogens (tertiary/aromatic N) is 7. The number of para-hydroxylation sites is 1. The van der Waals surface area contributed by atoms with Gasteiger partial charge in [-0.3, -0.25) is 9.36 Å². The van der Waals surface area contributed by atoms with Gasteiger partial charge in [0.15, 0.2) is 5.82 Å². The molecular weight excluding hydrogens is 499 g/mol. The molecule has 4 aromatic heterocycles. The van der Waals surface area contributed by atoms with E-state index in [2.05, 4.69) is 15.3 Å². The number of alkyl halides is 3. The summed E-state index contributed by atoms with van der Waals surface area (Å²) in [6.45, 7) is 1.31. The molecule has 1 saturated heterocycles. The van der Waals surface area contributed by atoms with Crippen LogP contribution in [-0.4, -0.2) is 58.5 Å². The molecule has 0 radical (unpaired) electrons. The van der Waals surface area contributed by atoms with Gasteiger partial charge >= 0.3 is 11.9 Å². The zero-order valence-corrected chi connectivity index (χ0v) is 20.3. The Morgan fingerprint density at radius 1 is 1.05 bits per heavy atom. The van der Waals surface area contributed by atoms with Gasteiger partial charge in [0.2, 0.25) is 5.91 Å². The van der Waals surface area contributed by atoms with E-state index in [1.807, 2.05) is 37.4 Å². The fourth-order valence-electron chi connectivity index (χ4n) is 5.19. The van der Waals surface area contributed by atoms with Crippen molar-refractivity contribution in [1.29, 1.82) is 0 Å². The average molecular weight is 522 g/mol. The Morgan fingerprint density at radius 3 is 2.63 bits per heavy atom. The standard InChI is InChI=1S/C26H22F3N7O2/c1-16-6-4-8-20-24(16)36(25(38)34(20)15-23(37)33-12-5-9-21(33)26(27,28)29)22-11-10-18(31-32-22)17-14-30-35-13-3-2-7-19(17)35/h2-4,6-8,10-11,13-14,21H,5,9,12,15H2,1H3/t21-/m0/s1. The molecular formula is C26H22F3N7O2. The summed E-state index contributed by atoms with van der Waals surface area (Å²) in [5.74, 6) is -0.517. The predicted octanol–water partition coefficient (Wildman–Crippen LogP) is 3.76. The number of carbonyl (C=O) groups excluding carboxylic acids is 1. The fourth-order valence-corrected chi connectivity index (χ4v) is 5.19. The molecule has 0 bridgehead atoms. The van der Waals surface area contributed by atoms with Crippen molar-refractivity contribution in [2.75, 3.05) is 6.54 Å². The van der Waals surface area contributed by atoms with Gasteiger partial charge in [0.1, 0.15) is 12.6 Å². The lowest BCUT2D eigenvalue weighted by molar-refractivity contribution is -0.182. The minimum absolute atomic E-state index is 0.00587. The molecule has 0 saturated carbocycles. The SMILES string of the molecule is Cc1cccc2c1n(-c1ccc(-c3cnn4ccccc34)nn1)c(=O)n2CC(=O)N1CCC[C@H]1C(F)(F)F. The third kappa shape index (κ3) is 3.83. The van der Waals surface area contributed by atoms with Gasteiger partial charge in [0, 0.05) is 18.3 Å². The molecule has 1 aliphatic heterocycles. The van der Waals surface area contributed by atoms with Crippen molar-refractivity contribution in [2.24, 2.45) is 0 Å². The lowest BCUT2D eigenvalue weighted by atomic mass is 10.2. The molecule has 5 aromatic rings. The Kier molecular flexibility index (Phi) is 5.55. The van der Waals surface area contributed by atoms with Crippen molar-refractivity contribution in [3.63, 3.8) is 0 Å². The first kappa shape index (κ1) is 23.9. The highest BCUT2D eigenvalue weighted by molar-refractivity contribution is 5.84. The maximum atomic E-state index is 13.6. The van der Waals surface area contributed by atoms with Gasteiger partial charge in [-0.25, -0.2) is 13.9 Å². The highest BCUT2D eigenvalue weighted by Gasteiger charge is 2.47. The van der Waals surface area contributed by atoms with E-state index in [0.29, 0.717) is 16.7 Å². The van der Waals surface area contributed by atoms with Crippen molar-refractivity contribution >= 4 is 22.5 Å². The molecule has 0 spiro atoms. The summed E-state index contributed by atoms with van der Waals surface area (Å²) < 4.78 is 44.6. The zero-order valence-electron chi connectivity index (χ0n) is 20.3. The number of rotatable bonds is 4. The number of aromatic nitrogens is 6. The van der Waals surface area contributed by atoms with Crippen LogP contribution in [0.2, 0.25) is 0 Å². The molecule has 5 heterocycles. The summed E-state index contributed by atoms with van der Waals surface area (Å²) in [6, 6.07) is 12.4. The number of carbonyl (C=O) groups is 1. The van der Waals surface area contributed by atoms with Gasteiger partial charge in [0.25, 0.3) is 0 Å². The monoisotopic (exact) mass is 521 g/mol. The zero-order chi connectivity index (χ0) is 26.6. The molecule has 0 unspecified atom stereocenters. The Hall–Kier alpha value is -4.48. The van der Waals surface area contributed by atoms with E-state index in [4.69, 9.17) is 0 Å². The number of halogens is 3. The molecule has 9 nitrogen and oxygen atoms in total. The maximum Gasteiger partial charge on any atom is 0.408 e. The second kappa shape index (κ2) is 8.82. The van der Waals surface area contributed by atoms with Crippen molar-refractivity contribution in [2.45, 2.75) is 38.5 Å². The largest absolute Gasteiger partial charge is 0.408 e. The highest BCUT2D eigenvalue weighted by atomic mass is 19.4. The summed E-state index contributed by atoms with van der Waals surface area (Å²) in [5, 5.41) is 12.9. The fraction of sp³-hybridized carbons (Fsp3) is 0.269. The van der Waals surface area contributed by atoms with Crippen LogP contribution in [0.3, 0.4) is 0 Å². The van der Waals surface area contributed by atoms with E-state index in [9.17, 15) is 22.8 Å². The molecule has 1 fully saturated rings. The topological polar surface area (TPSA) is 90.3 Å². The smallest absolute Gasteiger partial charge is 0.329 e. The van der Waals surface area contributed by atoms with E-state index >= 15 is 0 Å². The lowest BCUT2D eigenvalue weighted by Crippen LogP contribution is -2.46. The molecule has 1 aliphatic rings. The predicted molar refractivity (Wildman–Crippen MR) is 133 cm³/mol. The van der Waals surface area contributed by atoms with Crippen molar-refractivity contribution in [3.05, 3.63) is 77.0 Å². The number of aryl methyl sites for hydroxylation is 1. The molecule has 0 N–H and O–H groups in total. The molecule has 1 atom stereocenters. The van der Waals surface area contributed by atoms with Gasteiger partial charge < -0.3 is 4.90 Å². The normalized spacial score (nSPS) is 16.1. The minimum Gasteiger partial charge on any atom is -0.329 e. The first-order valence-electron chi connectivity index (χ1n) is 12.1. The summed E-state index contributed by atoms with van der Waals surface area (Å²) in [5.41, 5.74) is 3.28. The number of hydrogen-bond acceptors (Lipinski definition) is 5. The number of amides is 1. The minimum atomic E-state index is -4.51. The quantitative estimate of drug-likeness (QED) is 0.359. The van der Waals surface area contributed by atoms with Crippen LogP contribution in [0.25, 0.3) is 33.6 Å². The summed E-state index contributed by atoms with van der Waals surface area (Å²) >= 11 is 0. The molecule has 1 amide bonds. The van der Waals surface area contributed by atoms with Crippen LogP contribution < -0.4 is 5.69 Å².